The fourth-order valence-corrected chi connectivity index (χ4v) is 2.44. The Balaban J connectivity index is 2.27. The van der Waals surface area contributed by atoms with Crippen molar-refractivity contribution in [3.63, 3.8) is 0 Å². The van der Waals surface area contributed by atoms with E-state index >= 15 is 0 Å². The highest BCUT2D eigenvalue weighted by atomic mass is 35.5. The molecule has 14 heavy (non-hydrogen) atoms. The molecule has 1 fully saturated rings. The summed E-state index contributed by atoms with van der Waals surface area (Å²) < 4.78 is 0. The van der Waals surface area contributed by atoms with Gasteiger partial charge in [0, 0.05) is 11.9 Å². The van der Waals surface area contributed by atoms with E-state index in [-0.39, 0.29) is 0 Å². The minimum Gasteiger partial charge on any atom is -0.303 e. The van der Waals surface area contributed by atoms with Crippen molar-refractivity contribution in [1.29, 1.82) is 0 Å². The van der Waals surface area contributed by atoms with Crippen LogP contribution in [-0.4, -0.2) is 30.4 Å². The van der Waals surface area contributed by atoms with E-state index in [9.17, 15) is 0 Å². The van der Waals surface area contributed by atoms with Crippen molar-refractivity contribution in [2.24, 2.45) is 5.41 Å². The van der Waals surface area contributed by atoms with Crippen LogP contribution in [0.1, 0.15) is 46.0 Å². The SMILES string of the molecule is CN(CCCCl)C1CCC(C)(C)CC1. The van der Waals surface area contributed by atoms with E-state index in [4.69, 9.17) is 11.6 Å². The molecule has 0 unspecified atom stereocenters. The van der Waals surface area contributed by atoms with Gasteiger partial charge in [0.05, 0.1) is 0 Å². The smallest absolute Gasteiger partial charge is 0.0235 e. The first kappa shape index (κ1) is 12.3. The van der Waals surface area contributed by atoms with Gasteiger partial charge in [0.1, 0.15) is 0 Å². The first-order valence-corrected chi connectivity index (χ1v) is 6.35. The summed E-state index contributed by atoms with van der Waals surface area (Å²) in [5.74, 6) is 0.794. The van der Waals surface area contributed by atoms with Gasteiger partial charge >= 0.3 is 0 Å². The number of hydrogen-bond donors (Lipinski definition) is 0. The maximum Gasteiger partial charge on any atom is 0.0235 e. The van der Waals surface area contributed by atoms with Gasteiger partial charge in [0.2, 0.25) is 0 Å². The van der Waals surface area contributed by atoms with Crippen LogP contribution in [0.4, 0.5) is 0 Å². The number of halogens is 1. The molecule has 1 aliphatic rings. The molecule has 84 valence electrons. The molecule has 0 aromatic heterocycles. The second-order valence-electron chi connectivity index (χ2n) is 5.42. The molecule has 0 bridgehead atoms. The second kappa shape index (κ2) is 5.37. The average molecular weight is 218 g/mol. The first-order chi connectivity index (χ1) is 6.55. The molecule has 1 rings (SSSR count). The van der Waals surface area contributed by atoms with Gasteiger partial charge in [0.15, 0.2) is 0 Å². The van der Waals surface area contributed by atoms with Crippen LogP contribution in [0.3, 0.4) is 0 Å². The molecule has 0 aromatic rings. The van der Waals surface area contributed by atoms with Crippen molar-refractivity contribution in [3.05, 3.63) is 0 Å². The Labute approximate surface area is 93.8 Å². The molecule has 1 saturated carbocycles. The van der Waals surface area contributed by atoms with Crippen LogP contribution in [0.2, 0.25) is 0 Å². The molecule has 1 nitrogen and oxygen atoms in total. The van der Waals surface area contributed by atoms with E-state index in [1.807, 2.05) is 0 Å². The van der Waals surface area contributed by atoms with Gasteiger partial charge in [-0.3, -0.25) is 0 Å². The maximum absolute atomic E-state index is 5.70. The molecule has 0 saturated heterocycles. The molecule has 1 aliphatic carbocycles. The van der Waals surface area contributed by atoms with Crippen LogP contribution in [0.15, 0.2) is 0 Å². The Morgan fingerprint density at radius 1 is 1.29 bits per heavy atom. The summed E-state index contributed by atoms with van der Waals surface area (Å²) in [5, 5.41) is 0. The zero-order valence-electron chi connectivity index (χ0n) is 9.85. The summed E-state index contributed by atoms with van der Waals surface area (Å²) in [6, 6.07) is 0.811. The predicted octanol–water partition coefficient (Wildman–Crippen LogP) is 3.52. The molecule has 0 heterocycles. The lowest BCUT2D eigenvalue weighted by atomic mass is 9.75. The lowest BCUT2D eigenvalue weighted by Gasteiger charge is -2.38. The lowest BCUT2D eigenvalue weighted by molar-refractivity contribution is 0.128. The van der Waals surface area contributed by atoms with Crippen LogP contribution in [0, 0.1) is 5.41 Å². The topological polar surface area (TPSA) is 3.24 Å². The summed E-state index contributed by atoms with van der Waals surface area (Å²) in [6.45, 7) is 5.94. The van der Waals surface area contributed by atoms with Crippen molar-refractivity contribution in [1.82, 2.24) is 4.90 Å². The molecule has 0 aliphatic heterocycles. The van der Waals surface area contributed by atoms with Crippen molar-refractivity contribution < 1.29 is 0 Å². The zero-order chi connectivity index (χ0) is 10.6. The fraction of sp³-hybridized carbons (Fsp3) is 1.00. The van der Waals surface area contributed by atoms with Crippen molar-refractivity contribution >= 4 is 11.6 Å². The van der Waals surface area contributed by atoms with Crippen molar-refractivity contribution in [3.8, 4) is 0 Å². The molecule has 0 amide bonds. The van der Waals surface area contributed by atoms with Crippen LogP contribution in [0.25, 0.3) is 0 Å². The molecule has 0 aromatic carbocycles. The molecule has 0 radical (unpaired) electrons. The molecule has 0 N–H and O–H groups in total. The summed E-state index contributed by atoms with van der Waals surface area (Å²) in [6.07, 6.45) is 6.61. The summed E-state index contributed by atoms with van der Waals surface area (Å²) in [4.78, 5) is 2.50. The van der Waals surface area contributed by atoms with E-state index in [1.54, 1.807) is 0 Å². The number of alkyl halides is 1. The van der Waals surface area contributed by atoms with Gasteiger partial charge in [-0.05, 0) is 51.1 Å². The fourth-order valence-electron chi connectivity index (χ4n) is 2.32. The Kier molecular flexibility index (Phi) is 4.72. The normalized spacial score (nSPS) is 22.9. The van der Waals surface area contributed by atoms with Gasteiger partial charge in [-0.1, -0.05) is 13.8 Å². The molecule has 2 heteroatoms. The molecular weight excluding hydrogens is 194 g/mol. The number of hydrogen-bond acceptors (Lipinski definition) is 1. The third kappa shape index (κ3) is 3.78. The van der Waals surface area contributed by atoms with Gasteiger partial charge in [0.25, 0.3) is 0 Å². The number of nitrogens with zero attached hydrogens (tertiary/aromatic N) is 1. The Hall–Kier alpha value is 0.250. The van der Waals surface area contributed by atoms with E-state index < -0.39 is 0 Å². The highest BCUT2D eigenvalue weighted by Gasteiger charge is 2.28. The third-order valence-electron chi connectivity index (χ3n) is 3.58. The third-order valence-corrected chi connectivity index (χ3v) is 3.84. The van der Waals surface area contributed by atoms with Gasteiger partial charge in [-0.2, -0.15) is 0 Å². The molecule has 0 spiro atoms. The van der Waals surface area contributed by atoms with E-state index in [0.717, 1.165) is 24.9 Å². The molecular formula is C12H24ClN. The van der Waals surface area contributed by atoms with Crippen molar-refractivity contribution in [2.45, 2.75) is 52.0 Å². The summed E-state index contributed by atoms with van der Waals surface area (Å²) in [5.41, 5.74) is 0.587. The van der Waals surface area contributed by atoms with Crippen LogP contribution in [-0.2, 0) is 0 Å². The van der Waals surface area contributed by atoms with Crippen LogP contribution < -0.4 is 0 Å². The Morgan fingerprint density at radius 3 is 2.36 bits per heavy atom. The van der Waals surface area contributed by atoms with E-state index in [1.165, 1.54) is 25.7 Å². The highest BCUT2D eigenvalue weighted by Crippen LogP contribution is 2.36. The predicted molar refractivity (Wildman–Crippen MR) is 64.0 cm³/mol. The minimum atomic E-state index is 0.587. The van der Waals surface area contributed by atoms with Crippen LogP contribution in [0.5, 0.6) is 0 Å². The molecule has 0 atom stereocenters. The van der Waals surface area contributed by atoms with Crippen molar-refractivity contribution in [2.75, 3.05) is 19.5 Å². The lowest BCUT2D eigenvalue weighted by Crippen LogP contribution is -2.37. The summed E-state index contributed by atoms with van der Waals surface area (Å²) >= 11 is 5.70. The first-order valence-electron chi connectivity index (χ1n) is 5.81. The quantitative estimate of drug-likeness (QED) is 0.652. The monoisotopic (exact) mass is 217 g/mol. The zero-order valence-corrected chi connectivity index (χ0v) is 10.6. The Morgan fingerprint density at radius 2 is 1.86 bits per heavy atom. The van der Waals surface area contributed by atoms with Crippen LogP contribution >= 0.6 is 11.6 Å². The Bertz CT molecular complexity index is 158. The standard InChI is InChI=1S/C12H24ClN/c1-12(2)7-5-11(6-8-12)14(3)10-4-9-13/h11H,4-10H2,1-3H3. The minimum absolute atomic E-state index is 0.587. The largest absolute Gasteiger partial charge is 0.303 e. The maximum atomic E-state index is 5.70. The number of rotatable bonds is 4. The second-order valence-corrected chi connectivity index (χ2v) is 5.80. The van der Waals surface area contributed by atoms with E-state index in [0.29, 0.717) is 5.41 Å². The highest BCUT2D eigenvalue weighted by molar-refractivity contribution is 6.17. The average Bonchev–Trinajstić information content (AvgIpc) is 2.14. The summed E-state index contributed by atoms with van der Waals surface area (Å²) in [7, 11) is 2.25. The van der Waals surface area contributed by atoms with Gasteiger partial charge in [-0.25, -0.2) is 0 Å². The van der Waals surface area contributed by atoms with E-state index in [2.05, 4.69) is 25.8 Å². The van der Waals surface area contributed by atoms with Gasteiger partial charge in [-0.15, -0.1) is 11.6 Å². The van der Waals surface area contributed by atoms with Gasteiger partial charge < -0.3 is 4.90 Å².